The van der Waals surface area contributed by atoms with Gasteiger partial charge in [0.2, 0.25) is 5.95 Å². The van der Waals surface area contributed by atoms with Crippen molar-refractivity contribution in [3.8, 4) is 6.07 Å². The molecule has 0 spiro atoms. The summed E-state index contributed by atoms with van der Waals surface area (Å²) in [5.74, 6) is 6.51. The summed E-state index contributed by atoms with van der Waals surface area (Å²) in [6.45, 7) is 2.59. The normalized spacial score (nSPS) is 9.90. The van der Waals surface area contributed by atoms with Crippen LogP contribution in [0, 0.1) is 18.3 Å². The van der Waals surface area contributed by atoms with E-state index in [0.717, 1.165) is 16.9 Å². The molecule has 3 N–H and O–H groups in total. The highest BCUT2D eigenvalue weighted by molar-refractivity contribution is 5.48. The van der Waals surface area contributed by atoms with Gasteiger partial charge in [0.1, 0.15) is 5.82 Å². The lowest BCUT2D eigenvalue weighted by molar-refractivity contribution is 0.881. The van der Waals surface area contributed by atoms with Crippen LogP contribution in [-0.4, -0.2) is 17.0 Å². The molecule has 0 amide bonds. The molecule has 0 fully saturated rings. The van der Waals surface area contributed by atoms with Crippen molar-refractivity contribution < 1.29 is 0 Å². The van der Waals surface area contributed by atoms with Crippen LogP contribution in [0.4, 0.5) is 11.8 Å². The molecule has 2 aromatic rings. The average molecular weight is 268 g/mol. The number of nitrogen functional groups attached to an aromatic ring is 1. The Bertz CT molecular complexity index is 646. The number of hydrogen-bond acceptors (Lipinski definition) is 6. The van der Waals surface area contributed by atoms with Gasteiger partial charge in [-0.25, -0.2) is 10.8 Å². The molecule has 102 valence electrons. The molecule has 0 saturated carbocycles. The van der Waals surface area contributed by atoms with E-state index in [1.807, 2.05) is 37.1 Å². The predicted octanol–water partition coefficient (Wildman–Crippen LogP) is 1.58. The summed E-state index contributed by atoms with van der Waals surface area (Å²) < 4.78 is 0. The van der Waals surface area contributed by atoms with Crippen LogP contribution in [0.25, 0.3) is 0 Å². The second kappa shape index (κ2) is 5.99. The number of hydrazine groups is 1. The van der Waals surface area contributed by atoms with Crippen LogP contribution in [-0.2, 0) is 6.54 Å². The standard InChI is InChI=1S/C14H16N6/c1-10-8-17-14(19-16)18-13(10)20(2)9-12-5-3-4-11(6-12)7-15/h3-6,8H,9,16H2,1-2H3,(H,17,18,19). The van der Waals surface area contributed by atoms with Crippen molar-refractivity contribution in [3.05, 3.63) is 47.2 Å². The van der Waals surface area contributed by atoms with Crippen LogP contribution in [0.15, 0.2) is 30.5 Å². The molecule has 6 nitrogen and oxygen atoms in total. The molecule has 1 aromatic carbocycles. The van der Waals surface area contributed by atoms with Crippen molar-refractivity contribution in [2.24, 2.45) is 5.84 Å². The third-order valence-corrected chi connectivity index (χ3v) is 2.91. The minimum Gasteiger partial charge on any atom is -0.355 e. The summed E-state index contributed by atoms with van der Waals surface area (Å²) in [4.78, 5) is 10.4. The molecule has 0 radical (unpaired) electrons. The topological polar surface area (TPSA) is 90.9 Å². The predicted molar refractivity (Wildman–Crippen MR) is 77.8 cm³/mol. The smallest absolute Gasteiger partial charge is 0.239 e. The van der Waals surface area contributed by atoms with E-state index in [9.17, 15) is 0 Å². The van der Waals surface area contributed by atoms with Crippen molar-refractivity contribution in [2.45, 2.75) is 13.5 Å². The Morgan fingerprint density at radius 1 is 1.45 bits per heavy atom. The number of nitriles is 1. The zero-order valence-corrected chi connectivity index (χ0v) is 11.5. The molecule has 0 aliphatic heterocycles. The molecule has 1 aromatic heterocycles. The first-order chi connectivity index (χ1) is 9.63. The summed E-state index contributed by atoms with van der Waals surface area (Å²) in [5.41, 5.74) is 5.10. The molecule has 1 heterocycles. The lowest BCUT2D eigenvalue weighted by atomic mass is 10.1. The van der Waals surface area contributed by atoms with Gasteiger partial charge < -0.3 is 4.90 Å². The monoisotopic (exact) mass is 268 g/mol. The van der Waals surface area contributed by atoms with Gasteiger partial charge in [-0.05, 0) is 24.6 Å². The Morgan fingerprint density at radius 2 is 2.25 bits per heavy atom. The molecular formula is C14H16N6. The number of hydrogen-bond donors (Lipinski definition) is 2. The lowest BCUT2D eigenvalue weighted by Crippen LogP contribution is -2.20. The fraction of sp³-hybridized carbons (Fsp3) is 0.214. The third-order valence-electron chi connectivity index (χ3n) is 2.91. The largest absolute Gasteiger partial charge is 0.355 e. The van der Waals surface area contributed by atoms with Gasteiger partial charge >= 0.3 is 0 Å². The van der Waals surface area contributed by atoms with Crippen LogP contribution in [0.1, 0.15) is 16.7 Å². The molecule has 0 unspecified atom stereocenters. The van der Waals surface area contributed by atoms with E-state index >= 15 is 0 Å². The molecule has 0 aliphatic carbocycles. The first kappa shape index (κ1) is 13.8. The van der Waals surface area contributed by atoms with E-state index in [-0.39, 0.29) is 0 Å². The highest BCUT2D eigenvalue weighted by Crippen LogP contribution is 2.18. The maximum atomic E-state index is 8.92. The second-order valence-corrected chi connectivity index (χ2v) is 4.51. The summed E-state index contributed by atoms with van der Waals surface area (Å²) in [5, 5.41) is 8.92. The van der Waals surface area contributed by atoms with E-state index in [2.05, 4.69) is 21.5 Å². The Balaban J connectivity index is 2.23. The van der Waals surface area contributed by atoms with Gasteiger partial charge in [0.15, 0.2) is 0 Å². The summed E-state index contributed by atoms with van der Waals surface area (Å²) >= 11 is 0. The molecule has 0 saturated heterocycles. The van der Waals surface area contributed by atoms with Gasteiger partial charge in [-0.15, -0.1) is 0 Å². The first-order valence-electron chi connectivity index (χ1n) is 6.14. The molecular weight excluding hydrogens is 252 g/mol. The van der Waals surface area contributed by atoms with Gasteiger partial charge in [0.05, 0.1) is 11.6 Å². The number of aromatic nitrogens is 2. The van der Waals surface area contributed by atoms with Crippen LogP contribution < -0.4 is 16.2 Å². The number of benzene rings is 1. The number of nitrogens with one attached hydrogen (secondary N) is 1. The number of rotatable bonds is 4. The number of anilines is 2. The Morgan fingerprint density at radius 3 is 2.95 bits per heavy atom. The highest BCUT2D eigenvalue weighted by atomic mass is 15.3. The molecule has 2 rings (SSSR count). The highest BCUT2D eigenvalue weighted by Gasteiger charge is 2.09. The maximum Gasteiger partial charge on any atom is 0.239 e. The quantitative estimate of drug-likeness (QED) is 0.646. The number of nitrogens with two attached hydrogens (primary N) is 1. The van der Waals surface area contributed by atoms with Crippen LogP contribution >= 0.6 is 0 Å². The summed E-state index contributed by atoms with van der Waals surface area (Å²) in [6.07, 6.45) is 1.72. The zero-order valence-electron chi connectivity index (χ0n) is 11.5. The fourth-order valence-electron chi connectivity index (χ4n) is 1.98. The van der Waals surface area contributed by atoms with Crippen LogP contribution in [0.3, 0.4) is 0 Å². The van der Waals surface area contributed by atoms with Crippen molar-refractivity contribution in [1.82, 2.24) is 9.97 Å². The van der Waals surface area contributed by atoms with E-state index in [1.54, 1.807) is 12.3 Å². The van der Waals surface area contributed by atoms with E-state index < -0.39 is 0 Å². The number of aryl methyl sites for hydroxylation is 1. The van der Waals surface area contributed by atoms with Crippen molar-refractivity contribution in [1.29, 1.82) is 5.26 Å². The molecule has 20 heavy (non-hydrogen) atoms. The minimum absolute atomic E-state index is 0.378. The van der Waals surface area contributed by atoms with Crippen LogP contribution in [0.2, 0.25) is 0 Å². The lowest BCUT2D eigenvalue weighted by Gasteiger charge is -2.20. The molecule has 6 heteroatoms. The van der Waals surface area contributed by atoms with Gasteiger partial charge in [0, 0.05) is 25.4 Å². The van der Waals surface area contributed by atoms with Gasteiger partial charge in [-0.2, -0.15) is 10.2 Å². The molecule has 0 bridgehead atoms. The summed E-state index contributed by atoms with van der Waals surface area (Å²) in [6, 6.07) is 9.66. The average Bonchev–Trinajstić information content (AvgIpc) is 2.47. The zero-order chi connectivity index (χ0) is 14.5. The maximum absolute atomic E-state index is 8.92. The van der Waals surface area contributed by atoms with Gasteiger partial charge in [-0.1, -0.05) is 12.1 Å². The van der Waals surface area contributed by atoms with Crippen molar-refractivity contribution in [3.63, 3.8) is 0 Å². The van der Waals surface area contributed by atoms with E-state index in [0.29, 0.717) is 18.1 Å². The van der Waals surface area contributed by atoms with Crippen molar-refractivity contribution >= 4 is 11.8 Å². The Hall–Kier alpha value is -2.65. The Labute approximate surface area is 117 Å². The molecule has 0 aliphatic rings. The second-order valence-electron chi connectivity index (χ2n) is 4.51. The van der Waals surface area contributed by atoms with Gasteiger partial charge in [0.25, 0.3) is 0 Å². The van der Waals surface area contributed by atoms with E-state index in [1.165, 1.54) is 0 Å². The SMILES string of the molecule is Cc1cnc(NN)nc1N(C)Cc1cccc(C#N)c1. The number of nitrogens with zero attached hydrogens (tertiary/aromatic N) is 4. The molecule has 0 atom stereocenters. The van der Waals surface area contributed by atoms with Crippen LogP contribution in [0.5, 0.6) is 0 Å². The van der Waals surface area contributed by atoms with E-state index in [4.69, 9.17) is 11.1 Å². The Kier molecular flexibility index (Phi) is 4.13. The van der Waals surface area contributed by atoms with Crippen molar-refractivity contribution in [2.75, 3.05) is 17.4 Å². The fourth-order valence-corrected chi connectivity index (χ4v) is 1.98. The first-order valence-corrected chi connectivity index (χ1v) is 6.14. The summed E-state index contributed by atoms with van der Waals surface area (Å²) in [7, 11) is 1.94. The van der Waals surface area contributed by atoms with Gasteiger partial charge in [-0.3, -0.25) is 5.43 Å². The third kappa shape index (κ3) is 3.02. The minimum atomic E-state index is 0.378.